The standard InChI is InChI=1S/C17H20N4O4S/c1-19(2)10-8-15(22)17-16(23)9-11-21(18-17)13-6-5-7-14(12-13)26(24,25)20(3)4/h5-12H,1-4H3. The van der Waals surface area contributed by atoms with Crippen LogP contribution >= 0.6 is 0 Å². The van der Waals surface area contributed by atoms with Crippen LogP contribution in [-0.4, -0.2) is 61.4 Å². The van der Waals surface area contributed by atoms with Gasteiger partial charge in [-0.2, -0.15) is 5.10 Å². The maximum Gasteiger partial charge on any atom is 0.242 e. The minimum Gasteiger partial charge on any atom is -0.383 e. The molecule has 1 heterocycles. The first-order chi connectivity index (χ1) is 12.1. The molecule has 0 aliphatic heterocycles. The lowest BCUT2D eigenvalue weighted by molar-refractivity contribution is 0.103. The number of ketones is 1. The van der Waals surface area contributed by atoms with Gasteiger partial charge in [-0.1, -0.05) is 6.07 Å². The van der Waals surface area contributed by atoms with E-state index < -0.39 is 21.2 Å². The maximum absolute atomic E-state index is 12.3. The van der Waals surface area contributed by atoms with Crippen molar-refractivity contribution in [3.05, 3.63) is 64.7 Å². The van der Waals surface area contributed by atoms with Crippen LogP contribution in [0.4, 0.5) is 0 Å². The molecule has 2 aromatic rings. The number of rotatable bonds is 6. The molecule has 0 unspecified atom stereocenters. The van der Waals surface area contributed by atoms with Gasteiger partial charge in [-0.3, -0.25) is 9.59 Å². The molecule has 9 heteroatoms. The first-order valence-electron chi connectivity index (χ1n) is 7.65. The monoisotopic (exact) mass is 376 g/mol. The Balaban J connectivity index is 2.50. The predicted octanol–water partition coefficient (Wildman–Crippen LogP) is 0.741. The fourth-order valence-electron chi connectivity index (χ4n) is 2.02. The third-order valence-electron chi connectivity index (χ3n) is 3.43. The van der Waals surface area contributed by atoms with Crippen LogP contribution in [0.5, 0.6) is 0 Å². The van der Waals surface area contributed by atoms with Crippen molar-refractivity contribution < 1.29 is 13.2 Å². The number of hydrogen-bond donors (Lipinski definition) is 0. The summed E-state index contributed by atoms with van der Waals surface area (Å²) in [6, 6.07) is 7.32. The molecular weight excluding hydrogens is 356 g/mol. The molecule has 0 spiro atoms. The van der Waals surface area contributed by atoms with E-state index in [0.717, 1.165) is 4.31 Å². The highest BCUT2D eigenvalue weighted by Crippen LogP contribution is 2.16. The molecule has 0 N–H and O–H groups in total. The van der Waals surface area contributed by atoms with Crippen LogP contribution in [0, 0.1) is 0 Å². The largest absolute Gasteiger partial charge is 0.383 e. The number of nitrogens with zero attached hydrogens (tertiary/aromatic N) is 4. The van der Waals surface area contributed by atoms with Crippen molar-refractivity contribution in [2.24, 2.45) is 0 Å². The van der Waals surface area contributed by atoms with Crippen LogP contribution in [0.3, 0.4) is 0 Å². The van der Waals surface area contributed by atoms with Gasteiger partial charge in [0.25, 0.3) is 0 Å². The number of sulfonamides is 1. The molecule has 1 aromatic heterocycles. The molecule has 0 amide bonds. The second-order valence-corrected chi connectivity index (χ2v) is 8.05. The molecule has 0 saturated carbocycles. The van der Waals surface area contributed by atoms with Gasteiger partial charge in [0.05, 0.1) is 10.6 Å². The quantitative estimate of drug-likeness (QED) is 0.545. The summed E-state index contributed by atoms with van der Waals surface area (Å²) in [7, 11) is 2.76. The summed E-state index contributed by atoms with van der Waals surface area (Å²) in [6.45, 7) is 0. The lowest BCUT2D eigenvalue weighted by Gasteiger charge is -2.13. The molecule has 138 valence electrons. The van der Waals surface area contributed by atoms with Crippen molar-refractivity contribution in [1.82, 2.24) is 19.0 Å². The Labute approximate surface area is 152 Å². The van der Waals surface area contributed by atoms with E-state index in [1.807, 2.05) is 0 Å². The Morgan fingerprint density at radius 2 is 1.85 bits per heavy atom. The lowest BCUT2D eigenvalue weighted by atomic mass is 10.2. The minimum atomic E-state index is -3.61. The van der Waals surface area contributed by atoms with E-state index in [0.29, 0.717) is 5.69 Å². The van der Waals surface area contributed by atoms with E-state index in [-0.39, 0.29) is 10.6 Å². The van der Waals surface area contributed by atoms with Crippen molar-refractivity contribution in [3.8, 4) is 5.69 Å². The molecule has 8 nitrogen and oxygen atoms in total. The second-order valence-electron chi connectivity index (χ2n) is 5.90. The predicted molar refractivity (Wildman–Crippen MR) is 97.9 cm³/mol. The average Bonchev–Trinajstić information content (AvgIpc) is 2.60. The number of aromatic nitrogens is 2. The zero-order valence-electron chi connectivity index (χ0n) is 14.9. The Hall–Kier alpha value is -2.78. The second kappa shape index (κ2) is 7.63. The smallest absolute Gasteiger partial charge is 0.242 e. The van der Waals surface area contributed by atoms with Crippen molar-refractivity contribution in [2.45, 2.75) is 4.90 Å². The van der Waals surface area contributed by atoms with Crippen molar-refractivity contribution in [2.75, 3.05) is 28.2 Å². The van der Waals surface area contributed by atoms with Crippen molar-refractivity contribution >= 4 is 15.8 Å². The van der Waals surface area contributed by atoms with Crippen molar-refractivity contribution in [3.63, 3.8) is 0 Å². The fourth-order valence-corrected chi connectivity index (χ4v) is 2.96. The van der Waals surface area contributed by atoms with E-state index in [1.54, 1.807) is 31.1 Å². The summed E-state index contributed by atoms with van der Waals surface area (Å²) >= 11 is 0. The molecule has 0 radical (unpaired) electrons. The molecule has 0 fully saturated rings. The lowest BCUT2D eigenvalue weighted by Crippen LogP contribution is -2.23. The molecule has 0 aliphatic rings. The number of carbonyl (C=O) groups is 1. The van der Waals surface area contributed by atoms with Gasteiger partial charge in [0.1, 0.15) is 0 Å². The minimum absolute atomic E-state index is 0.0841. The van der Waals surface area contributed by atoms with Gasteiger partial charge < -0.3 is 4.90 Å². The first kappa shape index (κ1) is 19.5. The number of hydrogen-bond acceptors (Lipinski definition) is 6. The first-order valence-corrected chi connectivity index (χ1v) is 9.09. The SMILES string of the molecule is CN(C)C=CC(=O)c1nn(-c2cccc(S(=O)(=O)N(C)C)c2)ccc1=O. The molecule has 1 aromatic carbocycles. The summed E-state index contributed by atoms with van der Waals surface area (Å²) in [6.07, 6.45) is 4.15. The molecule has 26 heavy (non-hydrogen) atoms. The van der Waals surface area contributed by atoms with Gasteiger partial charge >= 0.3 is 0 Å². The highest BCUT2D eigenvalue weighted by molar-refractivity contribution is 7.89. The Morgan fingerprint density at radius 1 is 1.15 bits per heavy atom. The average molecular weight is 376 g/mol. The van der Waals surface area contributed by atoms with Gasteiger partial charge in [0, 0.05) is 52.7 Å². The summed E-state index contributed by atoms with van der Waals surface area (Å²) in [4.78, 5) is 25.9. The molecule has 2 rings (SSSR count). The van der Waals surface area contributed by atoms with Crippen LogP contribution in [0.25, 0.3) is 5.69 Å². The highest BCUT2D eigenvalue weighted by Gasteiger charge is 2.18. The topological polar surface area (TPSA) is 92.6 Å². The summed E-state index contributed by atoms with van der Waals surface area (Å²) < 4.78 is 26.9. The van der Waals surface area contributed by atoms with E-state index in [4.69, 9.17) is 0 Å². The third kappa shape index (κ3) is 4.24. The zero-order chi connectivity index (χ0) is 19.5. The Bertz CT molecular complexity index is 1010. The summed E-state index contributed by atoms with van der Waals surface area (Å²) in [5.41, 5.74) is -0.336. The van der Waals surface area contributed by atoms with Gasteiger partial charge in [0.2, 0.25) is 21.2 Å². The van der Waals surface area contributed by atoms with Crippen LogP contribution in [0.2, 0.25) is 0 Å². The number of carbonyl (C=O) groups excluding carboxylic acids is 1. The normalized spacial score (nSPS) is 11.9. The Morgan fingerprint density at radius 3 is 2.46 bits per heavy atom. The highest BCUT2D eigenvalue weighted by atomic mass is 32.2. The van der Waals surface area contributed by atoms with Crippen LogP contribution in [-0.2, 0) is 10.0 Å². The molecule has 0 bridgehead atoms. The summed E-state index contributed by atoms with van der Waals surface area (Å²) in [5.74, 6) is -0.532. The van der Waals surface area contributed by atoms with Gasteiger partial charge in [-0.25, -0.2) is 17.4 Å². The van der Waals surface area contributed by atoms with E-state index in [2.05, 4.69) is 5.10 Å². The van der Waals surface area contributed by atoms with E-state index >= 15 is 0 Å². The van der Waals surface area contributed by atoms with Crippen LogP contribution < -0.4 is 5.43 Å². The molecule has 0 aliphatic carbocycles. The molecular formula is C17H20N4O4S. The zero-order valence-corrected chi connectivity index (χ0v) is 15.8. The van der Waals surface area contributed by atoms with Gasteiger partial charge in [-0.15, -0.1) is 0 Å². The van der Waals surface area contributed by atoms with Gasteiger partial charge in [0.15, 0.2) is 5.69 Å². The molecule has 0 saturated heterocycles. The summed E-state index contributed by atoms with van der Waals surface area (Å²) in [5, 5.41) is 4.06. The maximum atomic E-state index is 12.3. The molecule has 0 atom stereocenters. The van der Waals surface area contributed by atoms with E-state index in [9.17, 15) is 18.0 Å². The van der Waals surface area contributed by atoms with Gasteiger partial charge in [-0.05, 0) is 18.2 Å². The van der Waals surface area contributed by atoms with Crippen molar-refractivity contribution in [1.29, 1.82) is 0 Å². The third-order valence-corrected chi connectivity index (χ3v) is 5.24. The van der Waals surface area contributed by atoms with Crippen LogP contribution in [0.15, 0.2) is 58.5 Å². The number of allylic oxidation sites excluding steroid dienone is 1. The number of benzene rings is 1. The van der Waals surface area contributed by atoms with Crippen LogP contribution in [0.1, 0.15) is 10.5 Å². The van der Waals surface area contributed by atoms with E-state index in [1.165, 1.54) is 55.4 Å². The fraction of sp³-hybridized carbons (Fsp3) is 0.235. The Kier molecular flexibility index (Phi) is 5.73.